The molecule has 0 fully saturated rings. The highest BCUT2D eigenvalue weighted by Gasteiger charge is 2.26. The molecule has 1 aromatic heterocycles. The first kappa shape index (κ1) is 19.9. The molecule has 6 heteroatoms. The van der Waals surface area contributed by atoms with E-state index in [0.29, 0.717) is 10.6 Å². The number of nitriles is 1. The molecule has 1 amide bonds. The van der Waals surface area contributed by atoms with E-state index >= 15 is 0 Å². The number of anilines is 1. The van der Waals surface area contributed by atoms with Gasteiger partial charge in [0.1, 0.15) is 17.0 Å². The predicted octanol–water partition coefficient (Wildman–Crippen LogP) is 4.42. The average molecular weight is 417 g/mol. The summed E-state index contributed by atoms with van der Waals surface area (Å²) in [7, 11) is 0. The van der Waals surface area contributed by atoms with Crippen LogP contribution in [0, 0.1) is 11.3 Å². The summed E-state index contributed by atoms with van der Waals surface area (Å²) in [6.45, 7) is -0.400. The molecule has 0 unspecified atom stereocenters. The summed E-state index contributed by atoms with van der Waals surface area (Å²) < 4.78 is 5.37. The fraction of sp³-hybridized carbons (Fsp3) is 0.208. The Balaban J connectivity index is 1.45. The molecule has 0 saturated heterocycles. The monoisotopic (exact) mass is 416 g/mol. The number of carbonyl (C=O) groups is 2. The van der Waals surface area contributed by atoms with Gasteiger partial charge in [-0.2, -0.15) is 5.26 Å². The number of esters is 1. The van der Waals surface area contributed by atoms with Gasteiger partial charge in [0.25, 0.3) is 5.91 Å². The lowest BCUT2D eigenvalue weighted by atomic mass is 9.91. The smallest absolute Gasteiger partial charge is 0.318 e. The van der Waals surface area contributed by atoms with Crippen molar-refractivity contribution in [1.29, 1.82) is 5.26 Å². The molecule has 1 aliphatic rings. The highest BCUT2D eigenvalue weighted by Crippen LogP contribution is 2.38. The van der Waals surface area contributed by atoms with E-state index in [4.69, 9.17) is 4.74 Å². The van der Waals surface area contributed by atoms with Gasteiger partial charge in [-0.3, -0.25) is 9.59 Å². The number of hydrogen-bond donors (Lipinski definition) is 1. The Hall–Kier alpha value is -3.43. The van der Waals surface area contributed by atoms with Gasteiger partial charge in [-0.15, -0.1) is 11.3 Å². The third-order valence-corrected chi connectivity index (χ3v) is 6.34. The first-order valence-corrected chi connectivity index (χ1v) is 10.6. The van der Waals surface area contributed by atoms with E-state index in [9.17, 15) is 14.9 Å². The zero-order chi connectivity index (χ0) is 20.9. The van der Waals surface area contributed by atoms with Gasteiger partial charge in [-0.25, -0.2) is 0 Å². The van der Waals surface area contributed by atoms with Crippen molar-refractivity contribution in [1.82, 2.24) is 0 Å². The fourth-order valence-corrected chi connectivity index (χ4v) is 5.00. The summed E-state index contributed by atoms with van der Waals surface area (Å²) in [6, 6.07) is 20.9. The highest BCUT2D eigenvalue weighted by molar-refractivity contribution is 7.16. The minimum atomic E-state index is -0.611. The maximum Gasteiger partial charge on any atom is 0.318 e. The molecule has 0 aliphatic heterocycles. The van der Waals surface area contributed by atoms with Gasteiger partial charge in [0.05, 0.1) is 5.56 Å². The van der Waals surface area contributed by atoms with E-state index in [1.54, 1.807) is 0 Å². The molecule has 1 aliphatic carbocycles. The van der Waals surface area contributed by atoms with E-state index < -0.39 is 24.4 Å². The Morgan fingerprint density at radius 1 is 1.03 bits per heavy atom. The van der Waals surface area contributed by atoms with Crippen molar-refractivity contribution in [3.63, 3.8) is 0 Å². The van der Waals surface area contributed by atoms with Crippen LogP contribution in [0.1, 0.15) is 39.5 Å². The maximum absolute atomic E-state index is 12.9. The Morgan fingerprint density at radius 2 is 1.67 bits per heavy atom. The number of thiophene rings is 1. The molecule has 0 atom stereocenters. The molecule has 150 valence electrons. The van der Waals surface area contributed by atoms with E-state index in [0.717, 1.165) is 40.8 Å². The highest BCUT2D eigenvalue weighted by atomic mass is 32.1. The van der Waals surface area contributed by atoms with Crippen LogP contribution in [0.25, 0.3) is 0 Å². The summed E-state index contributed by atoms with van der Waals surface area (Å²) in [5.41, 5.74) is 3.19. The number of carbonyl (C=O) groups excluding carboxylic acids is 2. The van der Waals surface area contributed by atoms with Crippen LogP contribution in [0.15, 0.2) is 60.7 Å². The molecule has 1 heterocycles. The first-order chi connectivity index (χ1) is 14.7. The van der Waals surface area contributed by atoms with Crippen molar-refractivity contribution in [2.45, 2.75) is 25.2 Å². The molecular weight excluding hydrogens is 396 g/mol. The Bertz CT molecular complexity index is 1060. The number of nitrogens with zero attached hydrogens (tertiary/aromatic N) is 1. The van der Waals surface area contributed by atoms with Gasteiger partial charge in [0.2, 0.25) is 0 Å². The molecule has 1 N–H and O–H groups in total. The molecule has 0 bridgehead atoms. The molecule has 5 nitrogen and oxygen atoms in total. The summed E-state index contributed by atoms with van der Waals surface area (Å²) in [5.74, 6) is -1.54. The van der Waals surface area contributed by atoms with E-state index in [2.05, 4.69) is 11.4 Å². The van der Waals surface area contributed by atoms with Gasteiger partial charge in [-0.05, 0) is 36.0 Å². The lowest BCUT2D eigenvalue weighted by Crippen LogP contribution is -2.24. The maximum atomic E-state index is 12.9. The summed E-state index contributed by atoms with van der Waals surface area (Å²) in [4.78, 5) is 26.5. The van der Waals surface area contributed by atoms with Crippen molar-refractivity contribution in [2.75, 3.05) is 11.9 Å². The third kappa shape index (κ3) is 4.12. The number of fused-ring (bicyclic) bond motifs is 1. The zero-order valence-corrected chi connectivity index (χ0v) is 17.1. The van der Waals surface area contributed by atoms with Gasteiger partial charge in [-0.1, -0.05) is 60.7 Å². The fourth-order valence-electron chi connectivity index (χ4n) is 3.75. The minimum Gasteiger partial charge on any atom is -0.455 e. The SMILES string of the molecule is N#Cc1c(NC(=O)COC(=O)C(c2ccccc2)c2ccccc2)sc2c1CCC2. The second-order valence-electron chi connectivity index (χ2n) is 7.08. The second-order valence-corrected chi connectivity index (χ2v) is 8.19. The van der Waals surface area contributed by atoms with Crippen LogP contribution in [0.2, 0.25) is 0 Å². The Labute approximate surface area is 178 Å². The second kappa shape index (κ2) is 8.93. The van der Waals surface area contributed by atoms with Crippen LogP contribution in [-0.4, -0.2) is 18.5 Å². The Kier molecular flexibility index (Phi) is 5.92. The van der Waals surface area contributed by atoms with Gasteiger partial charge in [0, 0.05) is 4.88 Å². The van der Waals surface area contributed by atoms with Crippen molar-refractivity contribution in [2.24, 2.45) is 0 Å². The lowest BCUT2D eigenvalue weighted by Gasteiger charge is -2.17. The van der Waals surface area contributed by atoms with Gasteiger partial charge >= 0.3 is 5.97 Å². The molecule has 3 aromatic rings. The van der Waals surface area contributed by atoms with Crippen molar-refractivity contribution in [3.05, 3.63) is 87.8 Å². The molecule has 0 radical (unpaired) electrons. The van der Waals surface area contributed by atoms with Crippen LogP contribution < -0.4 is 5.32 Å². The number of ether oxygens (including phenoxy) is 1. The molecule has 0 saturated carbocycles. The quantitative estimate of drug-likeness (QED) is 0.603. The predicted molar refractivity (Wildman–Crippen MR) is 115 cm³/mol. The van der Waals surface area contributed by atoms with Crippen LogP contribution in [0.3, 0.4) is 0 Å². The molecular formula is C24H20N2O3S. The number of rotatable bonds is 6. The lowest BCUT2D eigenvalue weighted by molar-refractivity contribution is -0.147. The van der Waals surface area contributed by atoms with E-state index in [-0.39, 0.29) is 0 Å². The summed E-state index contributed by atoms with van der Waals surface area (Å²) >= 11 is 1.44. The van der Waals surface area contributed by atoms with Crippen molar-refractivity contribution >= 4 is 28.2 Å². The number of nitrogens with one attached hydrogen (secondary N) is 1. The largest absolute Gasteiger partial charge is 0.455 e. The normalized spacial score (nSPS) is 12.3. The number of amides is 1. The van der Waals surface area contributed by atoms with Crippen LogP contribution in [-0.2, 0) is 27.2 Å². The third-order valence-electron chi connectivity index (χ3n) is 5.13. The van der Waals surface area contributed by atoms with E-state index in [1.165, 1.54) is 11.3 Å². The average Bonchev–Trinajstić information content (AvgIpc) is 3.35. The van der Waals surface area contributed by atoms with Crippen molar-refractivity contribution in [3.8, 4) is 6.07 Å². The minimum absolute atomic E-state index is 0.400. The number of aryl methyl sites for hydroxylation is 1. The van der Waals surface area contributed by atoms with Gasteiger partial charge in [0.15, 0.2) is 6.61 Å². The van der Waals surface area contributed by atoms with Crippen LogP contribution in [0.4, 0.5) is 5.00 Å². The summed E-state index contributed by atoms with van der Waals surface area (Å²) in [5, 5.41) is 12.7. The molecule has 2 aromatic carbocycles. The van der Waals surface area contributed by atoms with E-state index in [1.807, 2.05) is 60.7 Å². The van der Waals surface area contributed by atoms with Crippen molar-refractivity contribution < 1.29 is 14.3 Å². The number of benzene rings is 2. The van der Waals surface area contributed by atoms with Crippen LogP contribution >= 0.6 is 11.3 Å². The Morgan fingerprint density at radius 3 is 2.27 bits per heavy atom. The first-order valence-electron chi connectivity index (χ1n) is 9.78. The molecule has 0 spiro atoms. The zero-order valence-electron chi connectivity index (χ0n) is 16.3. The summed E-state index contributed by atoms with van der Waals surface area (Å²) in [6.07, 6.45) is 2.85. The number of hydrogen-bond acceptors (Lipinski definition) is 5. The topological polar surface area (TPSA) is 79.2 Å². The molecule has 4 rings (SSSR count). The standard InChI is InChI=1S/C24H20N2O3S/c25-14-19-18-12-7-13-20(18)30-23(19)26-21(27)15-29-24(28)22(16-8-3-1-4-9-16)17-10-5-2-6-11-17/h1-6,8-11,22H,7,12-13,15H2,(H,26,27). The molecule has 30 heavy (non-hydrogen) atoms. The van der Waals surface area contributed by atoms with Gasteiger partial charge < -0.3 is 10.1 Å². The van der Waals surface area contributed by atoms with Crippen LogP contribution in [0.5, 0.6) is 0 Å².